The van der Waals surface area contributed by atoms with Gasteiger partial charge in [0.1, 0.15) is 18.6 Å². The second-order valence-corrected chi connectivity index (χ2v) is 6.94. The second kappa shape index (κ2) is 10.8. The highest BCUT2D eigenvalue weighted by molar-refractivity contribution is 8.47. The molecule has 0 aromatic heterocycles. The van der Waals surface area contributed by atoms with E-state index in [9.17, 15) is 28.3 Å². The minimum Gasteiger partial charge on any atom is -0.480 e. The number of carboxylic acid groups (broad SMARTS) is 2. The minimum atomic E-state index is -2.86. The maximum absolute atomic E-state index is 11.7. The van der Waals surface area contributed by atoms with Crippen molar-refractivity contribution in [2.75, 3.05) is 12.3 Å². The van der Waals surface area contributed by atoms with Crippen molar-refractivity contribution in [1.29, 1.82) is 0 Å². The molecule has 0 bridgehead atoms. The third-order valence-electron chi connectivity index (χ3n) is 2.41. The topological polar surface area (TPSA) is 193 Å². The van der Waals surface area contributed by atoms with Gasteiger partial charge in [-0.3, -0.25) is 19.2 Å². The summed E-state index contributed by atoms with van der Waals surface area (Å²) in [4.78, 5) is 44.3. The number of hydrogen-bond donors (Lipinski definition) is 5. The molecule has 0 spiro atoms. The van der Waals surface area contributed by atoms with Gasteiger partial charge in [-0.15, -0.1) is 0 Å². The maximum Gasteiger partial charge on any atom is 0.378 e. The molecule has 0 aliphatic rings. The Bertz CT molecular complexity index is 530. The summed E-state index contributed by atoms with van der Waals surface area (Å²) >= 11 is 0.385. The fourth-order valence-corrected chi connectivity index (χ4v) is 2.60. The van der Waals surface area contributed by atoms with Gasteiger partial charge in [0.2, 0.25) is 11.8 Å². The number of rotatable bonds is 11. The van der Waals surface area contributed by atoms with E-state index in [1.807, 2.05) is 5.32 Å². The van der Waals surface area contributed by atoms with E-state index < -0.39 is 49.3 Å². The Hall–Kier alpha value is -1.91. The van der Waals surface area contributed by atoms with Gasteiger partial charge in [-0.05, 0) is 17.8 Å². The van der Waals surface area contributed by atoms with Crippen molar-refractivity contribution in [3.05, 3.63) is 0 Å². The van der Waals surface area contributed by atoms with E-state index in [1.165, 1.54) is 0 Å². The highest BCUT2D eigenvalue weighted by atomic mass is 32.7. The van der Waals surface area contributed by atoms with E-state index in [4.69, 9.17) is 15.9 Å². The smallest absolute Gasteiger partial charge is 0.378 e. The lowest BCUT2D eigenvalue weighted by atomic mass is 10.1. The predicted molar refractivity (Wildman–Crippen MR) is 78.2 cm³/mol. The van der Waals surface area contributed by atoms with Crippen LogP contribution in [0.4, 0.5) is 0 Å². The first-order valence-corrected chi connectivity index (χ1v) is 8.94. The molecule has 0 unspecified atom stereocenters. The number of carbonyl (C=O) groups is 4. The Morgan fingerprint density at radius 2 is 1.78 bits per heavy atom. The van der Waals surface area contributed by atoms with Crippen LogP contribution >= 0.6 is 18.3 Å². The molecular weight excluding hydrogens is 353 g/mol. The first-order chi connectivity index (χ1) is 10.6. The van der Waals surface area contributed by atoms with Crippen LogP contribution in [-0.2, 0) is 28.3 Å². The monoisotopic (exact) mass is 369 g/mol. The SMILES string of the molecule is N[C@@H](CCC(=O)N[C@@H](CSP(=O)=O)C(=O)NCC(=O)O)C(=O)O. The summed E-state index contributed by atoms with van der Waals surface area (Å²) in [7, 11) is 0. The van der Waals surface area contributed by atoms with Crippen LogP contribution in [-0.4, -0.2) is 58.3 Å². The van der Waals surface area contributed by atoms with Crippen LogP contribution < -0.4 is 16.4 Å². The molecule has 13 heteroatoms. The Labute approximate surface area is 134 Å². The van der Waals surface area contributed by atoms with Crippen LogP contribution in [0.3, 0.4) is 0 Å². The molecule has 0 saturated heterocycles. The van der Waals surface area contributed by atoms with Gasteiger partial charge in [0.25, 0.3) is 0 Å². The summed E-state index contributed by atoms with van der Waals surface area (Å²) in [6.45, 7) is -3.55. The lowest BCUT2D eigenvalue weighted by Gasteiger charge is -2.16. The number of carbonyl (C=O) groups excluding carboxylic acids is 2. The summed E-state index contributed by atoms with van der Waals surface area (Å²) in [5.41, 5.74) is 5.23. The fourth-order valence-electron chi connectivity index (χ4n) is 1.28. The van der Waals surface area contributed by atoms with Crippen LogP contribution in [0.15, 0.2) is 0 Å². The van der Waals surface area contributed by atoms with Crippen molar-refractivity contribution in [3.8, 4) is 0 Å². The summed E-state index contributed by atoms with van der Waals surface area (Å²) in [5.74, 6) is -4.49. The zero-order valence-corrected chi connectivity index (χ0v) is 13.5. The van der Waals surface area contributed by atoms with Crippen LogP contribution in [0, 0.1) is 0 Å². The number of aliphatic carboxylic acids is 2. The predicted octanol–water partition coefficient (Wildman–Crippen LogP) is -1.31. The zero-order chi connectivity index (χ0) is 18.0. The van der Waals surface area contributed by atoms with Crippen molar-refractivity contribution in [1.82, 2.24) is 10.6 Å². The molecule has 23 heavy (non-hydrogen) atoms. The van der Waals surface area contributed by atoms with Gasteiger partial charge in [-0.2, -0.15) is 0 Å². The molecule has 0 aliphatic heterocycles. The van der Waals surface area contributed by atoms with E-state index >= 15 is 0 Å². The first-order valence-electron chi connectivity index (χ1n) is 6.18. The van der Waals surface area contributed by atoms with Gasteiger partial charge in [-0.1, -0.05) is 0 Å². The van der Waals surface area contributed by atoms with Gasteiger partial charge in [0.05, 0.1) is 0 Å². The lowest BCUT2D eigenvalue weighted by molar-refractivity contribution is -0.139. The quantitative estimate of drug-likeness (QED) is 0.273. The highest BCUT2D eigenvalue weighted by Crippen LogP contribution is 2.25. The normalized spacial score (nSPS) is 12.7. The van der Waals surface area contributed by atoms with Crippen molar-refractivity contribution >= 4 is 42.0 Å². The highest BCUT2D eigenvalue weighted by Gasteiger charge is 2.23. The van der Waals surface area contributed by atoms with Gasteiger partial charge in [0, 0.05) is 12.2 Å². The van der Waals surface area contributed by atoms with Crippen molar-refractivity contribution < 1.29 is 38.5 Å². The number of carboxylic acids is 2. The molecule has 0 rings (SSSR count). The molecule has 0 saturated carbocycles. The first kappa shape index (κ1) is 21.1. The molecule has 2 atom stereocenters. The average molecular weight is 369 g/mol. The maximum atomic E-state index is 11.7. The molecule has 0 radical (unpaired) electrons. The molecule has 0 aliphatic carbocycles. The number of hydrogen-bond acceptors (Lipinski definition) is 8. The fraction of sp³-hybridized carbons (Fsp3) is 0.600. The number of nitrogens with two attached hydrogens (primary N) is 1. The van der Waals surface area contributed by atoms with Gasteiger partial charge >= 0.3 is 18.8 Å². The van der Waals surface area contributed by atoms with E-state index in [2.05, 4.69) is 5.32 Å². The van der Waals surface area contributed by atoms with Gasteiger partial charge in [-0.25, -0.2) is 9.13 Å². The average Bonchev–Trinajstić information content (AvgIpc) is 2.45. The van der Waals surface area contributed by atoms with Gasteiger partial charge < -0.3 is 26.6 Å². The van der Waals surface area contributed by atoms with Crippen molar-refractivity contribution in [3.63, 3.8) is 0 Å². The summed E-state index contributed by atoms with van der Waals surface area (Å²) in [5, 5.41) is 21.3. The molecule has 0 fully saturated rings. The van der Waals surface area contributed by atoms with Crippen LogP contribution in [0.5, 0.6) is 0 Å². The number of amides is 2. The summed E-state index contributed by atoms with van der Waals surface area (Å²) in [6, 6.07) is -2.52. The Balaban J connectivity index is 4.60. The molecule has 0 aromatic rings. The standard InChI is InChI=1S/C10H16N3O8PS/c11-5(10(18)19)1-2-7(14)13-6(4-23-22(20)21)9(17)12-3-8(15)16/h5-6H,1-4,11H2,(H,12,17)(H,13,14)(H,15,16)(H,18,19)/t5-,6-/m0/s1. The van der Waals surface area contributed by atoms with E-state index in [0.29, 0.717) is 11.4 Å². The Morgan fingerprint density at radius 1 is 1.17 bits per heavy atom. The summed E-state index contributed by atoms with van der Waals surface area (Å²) < 4.78 is 21.1. The molecule has 0 heterocycles. The molecule has 6 N–H and O–H groups in total. The lowest BCUT2D eigenvalue weighted by Crippen LogP contribution is -2.49. The van der Waals surface area contributed by atoms with Crippen molar-refractivity contribution in [2.24, 2.45) is 5.73 Å². The summed E-state index contributed by atoms with van der Waals surface area (Å²) in [6.07, 6.45) is -0.460. The third kappa shape index (κ3) is 10.4. The van der Waals surface area contributed by atoms with E-state index in [1.54, 1.807) is 0 Å². The molecule has 0 aromatic carbocycles. The van der Waals surface area contributed by atoms with Crippen LogP contribution in [0.2, 0.25) is 0 Å². The third-order valence-corrected chi connectivity index (χ3v) is 4.18. The van der Waals surface area contributed by atoms with E-state index in [0.717, 1.165) is 0 Å². The number of nitrogens with one attached hydrogen (secondary N) is 2. The largest absolute Gasteiger partial charge is 0.480 e. The molecule has 11 nitrogen and oxygen atoms in total. The Kier molecular flexibility index (Phi) is 9.86. The van der Waals surface area contributed by atoms with E-state index in [-0.39, 0.29) is 18.6 Å². The van der Waals surface area contributed by atoms with Crippen LogP contribution in [0.25, 0.3) is 0 Å². The second-order valence-electron chi connectivity index (χ2n) is 4.23. The zero-order valence-electron chi connectivity index (χ0n) is 11.8. The Morgan fingerprint density at radius 3 is 2.26 bits per heavy atom. The minimum absolute atomic E-state index is 0.173. The molecule has 130 valence electrons. The molecule has 2 amide bonds. The molecular formula is C10H16N3O8PS. The van der Waals surface area contributed by atoms with Crippen LogP contribution in [0.1, 0.15) is 12.8 Å². The van der Waals surface area contributed by atoms with Gasteiger partial charge in [0.15, 0.2) is 0 Å². The van der Waals surface area contributed by atoms with Crippen molar-refractivity contribution in [2.45, 2.75) is 24.9 Å².